The largest absolute Gasteiger partial charge is 0.411 e. The summed E-state index contributed by atoms with van der Waals surface area (Å²) in [5, 5.41) is 22.5. The number of oxime groups is 1. The minimum absolute atomic E-state index is 0.0224. The van der Waals surface area contributed by atoms with Gasteiger partial charge < -0.3 is 30.9 Å². The Kier molecular flexibility index (Phi) is 5.32. The maximum Gasteiger partial charge on any atom is 0.224 e. The first-order valence-corrected chi connectivity index (χ1v) is 12.3. The van der Waals surface area contributed by atoms with Gasteiger partial charge in [0.05, 0.1) is 25.3 Å². The molecule has 160 valence electrons. The van der Waals surface area contributed by atoms with E-state index in [2.05, 4.69) is 54.0 Å². The molecule has 0 spiro atoms. The standard InChI is InChI=1S/C17H29N7O4Si/c1-16(2,3)29(4,5)28-10-6-11(27-17(10,8-25)7-21-26)24-9-20-12-13(18)22-15(19)23-14(12)24/h7,9-11,25-26H,6,8H2,1-5H3,(H4,18,19,22,23)/t10-,11-,17+/m0/s1. The second-order valence-electron chi connectivity index (χ2n) is 8.82. The second kappa shape index (κ2) is 7.20. The topological polar surface area (TPSA) is 167 Å². The van der Waals surface area contributed by atoms with Crippen LogP contribution in [-0.2, 0) is 9.16 Å². The highest BCUT2D eigenvalue weighted by Crippen LogP contribution is 2.44. The number of aliphatic hydroxyl groups excluding tert-OH is 1. The van der Waals surface area contributed by atoms with Gasteiger partial charge in [-0.2, -0.15) is 9.97 Å². The Labute approximate surface area is 169 Å². The van der Waals surface area contributed by atoms with E-state index >= 15 is 0 Å². The van der Waals surface area contributed by atoms with Crippen molar-refractivity contribution in [2.75, 3.05) is 18.1 Å². The SMILES string of the molecule is CC(C)(C)[Si](C)(C)O[C@H]1C[C@@H](n2cnc3c(N)nc(N)nc32)O[C@]1(C=NO)CO. The molecule has 2 aromatic heterocycles. The molecule has 1 fully saturated rings. The lowest BCUT2D eigenvalue weighted by atomic mass is 9.99. The van der Waals surface area contributed by atoms with Crippen LogP contribution in [0.15, 0.2) is 11.5 Å². The van der Waals surface area contributed by atoms with Crippen molar-refractivity contribution in [2.24, 2.45) is 5.16 Å². The van der Waals surface area contributed by atoms with Gasteiger partial charge in [-0.15, -0.1) is 0 Å². The maximum absolute atomic E-state index is 10.2. The minimum Gasteiger partial charge on any atom is -0.411 e. The third-order valence-electron chi connectivity index (χ3n) is 5.86. The molecule has 29 heavy (non-hydrogen) atoms. The van der Waals surface area contributed by atoms with Crippen molar-refractivity contribution in [3.05, 3.63) is 6.33 Å². The Hall–Kier alpha value is -2.28. The van der Waals surface area contributed by atoms with E-state index in [4.69, 9.17) is 20.6 Å². The fraction of sp³-hybridized carbons (Fsp3) is 0.647. The number of hydrogen-bond acceptors (Lipinski definition) is 10. The summed E-state index contributed by atoms with van der Waals surface area (Å²) in [6, 6.07) is 0. The molecular formula is C17H29N7O4Si. The molecule has 2 aromatic rings. The van der Waals surface area contributed by atoms with Gasteiger partial charge in [-0.05, 0) is 18.1 Å². The quantitative estimate of drug-likeness (QED) is 0.241. The molecule has 0 aliphatic carbocycles. The van der Waals surface area contributed by atoms with Crippen molar-refractivity contribution in [3.63, 3.8) is 0 Å². The Morgan fingerprint density at radius 3 is 2.69 bits per heavy atom. The highest BCUT2D eigenvalue weighted by molar-refractivity contribution is 6.74. The molecule has 3 rings (SSSR count). The Morgan fingerprint density at radius 2 is 2.10 bits per heavy atom. The molecule has 1 saturated heterocycles. The molecule has 1 aliphatic heterocycles. The number of imidazole rings is 1. The van der Waals surface area contributed by atoms with Crippen molar-refractivity contribution in [3.8, 4) is 0 Å². The molecule has 0 aromatic carbocycles. The van der Waals surface area contributed by atoms with Crippen LogP contribution in [0.4, 0.5) is 11.8 Å². The van der Waals surface area contributed by atoms with Gasteiger partial charge in [0.2, 0.25) is 5.95 Å². The van der Waals surface area contributed by atoms with Crippen LogP contribution in [-0.4, -0.2) is 62.7 Å². The Balaban J connectivity index is 2.02. The van der Waals surface area contributed by atoms with Crippen molar-refractivity contribution in [1.82, 2.24) is 19.5 Å². The van der Waals surface area contributed by atoms with E-state index in [1.54, 1.807) is 4.57 Å². The summed E-state index contributed by atoms with van der Waals surface area (Å²) >= 11 is 0. The van der Waals surface area contributed by atoms with E-state index in [0.717, 1.165) is 0 Å². The van der Waals surface area contributed by atoms with Gasteiger partial charge >= 0.3 is 0 Å². The number of nitrogens with zero attached hydrogens (tertiary/aromatic N) is 5. The van der Waals surface area contributed by atoms with Crippen LogP contribution >= 0.6 is 0 Å². The van der Waals surface area contributed by atoms with Gasteiger partial charge in [0, 0.05) is 6.42 Å². The van der Waals surface area contributed by atoms with Crippen molar-refractivity contribution in [2.45, 2.75) is 63.3 Å². The normalized spacial score (nSPS) is 26.0. The van der Waals surface area contributed by atoms with Crippen LogP contribution in [0.5, 0.6) is 0 Å². The monoisotopic (exact) mass is 423 g/mol. The summed E-state index contributed by atoms with van der Waals surface area (Å²) in [6.45, 7) is 10.2. The zero-order valence-corrected chi connectivity index (χ0v) is 18.3. The smallest absolute Gasteiger partial charge is 0.224 e. The van der Waals surface area contributed by atoms with Crippen molar-refractivity contribution < 1.29 is 19.5 Å². The molecule has 1 aliphatic rings. The molecule has 3 atom stereocenters. The number of aromatic nitrogens is 4. The summed E-state index contributed by atoms with van der Waals surface area (Å²) in [6.07, 6.45) is 1.97. The van der Waals surface area contributed by atoms with Gasteiger partial charge in [0.1, 0.15) is 11.7 Å². The number of nitrogen functional groups attached to an aromatic ring is 2. The van der Waals surface area contributed by atoms with Gasteiger partial charge in [-0.3, -0.25) is 4.57 Å². The van der Waals surface area contributed by atoms with Gasteiger partial charge in [0.25, 0.3) is 0 Å². The summed E-state index contributed by atoms with van der Waals surface area (Å²) in [7, 11) is -2.21. The minimum atomic E-state index is -2.21. The predicted octanol–water partition coefficient (Wildman–Crippen LogP) is 1.49. The van der Waals surface area contributed by atoms with Crippen LogP contribution in [0.3, 0.4) is 0 Å². The molecular weight excluding hydrogens is 394 g/mol. The molecule has 3 heterocycles. The first kappa shape index (κ1) is 21.4. The summed E-state index contributed by atoms with van der Waals surface area (Å²) in [4.78, 5) is 12.4. The first-order valence-electron chi connectivity index (χ1n) is 9.35. The third kappa shape index (κ3) is 3.68. The number of ether oxygens (including phenoxy) is 1. The van der Waals surface area contributed by atoms with Crippen molar-refractivity contribution in [1.29, 1.82) is 0 Å². The number of rotatable bonds is 5. The highest BCUT2D eigenvalue weighted by Gasteiger charge is 2.53. The van der Waals surface area contributed by atoms with Crippen LogP contribution in [0, 0.1) is 0 Å². The van der Waals surface area contributed by atoms with E-state index in [0.29, 0.717) is 17.6 Å². The van der Waals surface area contributed by atoms with E-state index in [-0.39, 0.29) is 16.8 Å². The lowest BCUT2D eigenvalue weighted by Crippen LogP contribution is -2.53. The fourth-order valence-corrected chi connectivity index (χ4v) is 4.53. The molecule has 11 nitrogen and oxygen atoms in total. The molecule has 12 heteroatoms. The van der Waals surface area contributed by atoms with E-state index in [1.165, 1.54) is 12.5 Å². The molecule has 0 radical (unpaired) electrons. The zero-order chi connectivity index (χ0) is 21.6. The van der Waals surface area contributed by atoms with E-state index < -0.39 is 32.9 Å². The molecule has 0 saturated carbocycles. The number of anilines is 2. The maximum atomic E-state index is 10.2. The average molecular weight is 424 g/mol. The summed E-state index contributed by atoms with van der Waals surface area (Å²) in [5.74, 6) is 0.192. The number of aliphatic hydroxyl groups is 1. The Bertz CT molecular complexity index is 926. The van der Waals surface area contributed by atoms with Crippen molar-refractivity contribution >= 4 is 37.5 Å². The molecule has 6 N–H and O–H groups in total. The number of nitrogens with two attached hydrogens (primary N) is 2. The average Bonchev–Trinajstić information content (AvgIpc) is 3.16. The highest BCUT2D eigenvalue weighted by atomic mass is 28.4. The summed E-state index contributed by atoms with van der Waals surface area (Å²) in [5.41, 5.74) is 11.1. The molecule has 0 bridgehead atoms. The predicted molar refractivity (Wildman–Crippen MR) is 111 cm³/mol. The lowest BCUT2D eigenvalue weighted by Gasteiger charge is -2.41. The second-order valence-corrected chi connectivity index (χ2v) is 13.6. The van der Waals surface area contributed by atoms with Gasteiger partial charge in [-0.1, -0.05) is 25.9 Å². The number of hydrogen-bond donors (Lipinski definition) is 4. The first-order chi connectivity index (χ1) is 13.4. The van der Waals surface area contributed by atoms with Gasteiger partial charge in [0.15, 0.2) is 25.4 Å². The molecule has 0 amide bonds. The number of fused-ring (bicyclic) bond motifs is 1. The van der Waals surface area contributed by atoms with Crippen LogP contribution in [0.25, 0.3) is 11.2 Å². The van der Waals surface area contributed by atoms with Crippen LogP contribution in [0.2, 0.25) is 18.1 Å². The zero-order valence-electron chi connectivity index (χ0n) is 17.3. The van der Waals surface area contributed by atoms with E-state index in [1.807, 2.05) is 0 Å². The van der Waals surface area contributed by atoms with Crippen LogP contribution in [0.1, 0.15) is 33.4 Å². The third-order valence-corrected chi connectivity index (χ3v) is 10.3. The van der Waals surface area contributed by atoms with E-state index in [9.17, 15) is 10.3 Å². The van der Waals surface area contributed by atoms with Crippen LogP contribution < -0.4 is 11.5 Å². The Morgan fingerprint density at radius 1 is 1.41 bits per heavy atom. The molecule has 0 unspecified atom stereocenters. The lowest BCUT2D eigenvalue weighted by molar-refractivity contribution is -0.0779. The summed E-state index contributed by atoms with van der Waals surface area (Å²) < 4.78 is 14.4. The van der Waals surface area contributed by atoms with Gasteiger partial charge in [-0.25, -0.2) is 4.98 Å². The fourth-order valence-electron chi connectivity index (χ4n) is 3.17.